The van der Waals surface area contributed by atoms with Crippen molar-refractivity contribution >= 4 is 56.5 Å². The maximum Gasteiger partial charge on any atom is 0.255 e. The van der Waals surface area contributed by atoms with Crippen LogP contribution in [0.4, 0.5) is 5.69 Å². The van der Waals surface area contributed by atoms with Crippen molar-refractivity contribution in [1.29, 1.82) is 0 Å². The molecule has 2 heterocycles. The third-order valence-electron chi connectivity index (χ3n) is 4.08. The zero-order valence-electron chi connectivity index (χ0n) is 14.2. The number of fused-ring (bicyclic) bond motifs is 1. The monoisotopic (exact) mass is 413 g/mol. The van der Waals surface area contributed by atoms with E-state index in [9.17, 15) is 4.79 Å². The van der Waals surface area contributed by atoms with E-state index >= 15 is 0 Å². The molecule has 1 N–H and O–H groups in total. The fraction of sp³-hybridized carbons (Fsp3) is 0.0500. The van der Waals surface area contributed by atoms with Crippen molar-refractivity contribution in [2.24, 2.45) is 0 Å². The second-order valence-corrected chi connectivity index (χ2v) is 7.75. The van der Waals surface area contributed by atoms with Crippen molar-refractivity contribution in [2.75, 3.05) is 5.32 Å². The summed E-state index contributed by atoms with van der Waals surface area (Å²) < 4.78 is 0. The van der Waals surface area contributed by atoms with Crippen LogP contribution in [0.5, 0.6) is 0 Å². The number of anilines is 1. The molecule has 134 valence electrons. The first-order valence-electron chi connectivity index (χ1n) is 8.10. The molecule has 1 amide bonds. The molecule has 0 saturated carbocycles. The Kier molecular flexibility index (Phi) is 4.83. The van der Waals surface area contributed by atoms with E-state index in [0.717, 1.165) is 32.2 Å². The minimum atomic E-state index is -0.250. The molecule has 0 saturated heterocycles. The normalized spacial score (nSPS) is 10.9. The third kappa shape index (κ3) is 3.67. The first-order chi connectivity index (χ1) is 13.0. The number of nitrogens with one attached hydrogen (secondary N) is 1. The molecule has 0 aliphatic heterocycles. The zero-order chi connectivity index (χ0) is 19.0. The lowest BCUT2D eigenvalue weighted by atomic mass is 10.1. The van der Waals surface area contributed by atoms with Crippen LogP contribution in [0.1, 0.15) is 15.9 Å². The number of carbonyl (C=O) groups excluding carboxylic acids is 1. The molecule has 2 aromatic carbocycles. The largest absolute Gasteiger partial charge is 0.322 e. The lowest BCUT2D eigenvalue weighted by Gasteiger charge is -2.10. The van der Waals surface area contributed by atoms with Crippen molar-refractivity contribution in [3.8, 4) is 10.6 Å². The summed E-state index contributed by atoms with van der Waals surface area (Å²) in [5, 5.41) is 4.55. The van der Waals surface area contributed by atoms with Crippen molar-refractivity contribution in [3.63, 3.8) is 0 Å². The average molecular weight is 414 g/mol. The number of aryl methyl sites for hydroxylation is 1. The number of nitrogens with zero attached hydrogens (tertiary/aromatic N) is 2. The van der Waals surface area contributed by atoms with E-state index in [1.165, 1.54) is 11.3 Å². The molecule has 0 aliphatic carbocycles. The molecule has 4 aromatic rings. The Morgan fingerprint density at radius 1 is 1.07 bits per heavy atom. The Morgan fingerprint density at radius 3 is 2.70 bits per heavy atom. The van der Waals surface area contributed by atoms with Gasteiger partial charge < -0.3 is 5.32 Å². The Labute approximate surface area is 169 Å². The SMILES string of the molecule is Cc1ccc(-c2nc3cccnc3s2)cc1NC(=O)c1ccc(Cl)c(Cl)c1. The van der Waals surface area contributed by atoms with Gasteiger partial charge in [0.05, 0.1) is 10.0 Å². The highest BCUT2D eigenvalue weighted by molar-refractivity contribution is 7.21. The van der Waals surface area contributed by atoms with Gasteiger partial charge in [-0.15, -0.1) is 0 Å². The van der Waals surface area contributed by atoms with Crippen LogP contribution in [0, 0.1) is 6.92 Å². The molecule has 27 heavy (non-hydrogen) atoms. The number of thiazole rings is 1. The van der Waals surface area contributed by atoms with Crippen LogP contribution < -0.4 is 5.32 Å². The predicted molar refractivity (Wildman–Crippen MR) is 112 cm³/mol. The van der Waals surface area contributed by atoms with Gasteiger partial charge in [0, 0.05) is 23.0 Å². The lowest BCUT2D eigenvalue weighted by Crippen LogP contribution is -2.12. The van der Waals surface area contributed by atoms with Crippen LogP contribution in [-0.4, -0.2) is 15.9 Å². The Morgan fingerprint density at radius 2 is 1.93 bits per heavy atom. The van der Waals surface area contributed by atoms with Crippen molar-refractivity contribution in [2.45, 2.75) is 6.92 Å². The summed E-state index contributed by atoms with van der Waals surface area (Å²) in [6, 6.07) is 14.5. The van der Waals surface area contributed by atoms with Gasteiger partial charge in [-0.3, -0.25) is 4.79 Å². The van der Waals surface area contributed by atoms with Gasteiger partial charge >= 0.3 is 0 Å². The molecular weight excluding hydrogens is 401 g/mol. The van der Waals surface area contributed by atoms with Crippen LogP contribution in [0.15, 0.2) is 54.7 Å². The average Bonchev–Trinajstić information content (AvgIpc) is 3.10. The maximum absolute atomic E-state index is 12.6. The molecule has 0 spiro atoms. The summed E-state index contributed by atoms with van der Waals surface area (Å²) in [5.41, 5.74) is 3.90. The summed E-state index contributed by atoms with van der Waals surface area (Å²) in [5.74, 6) is -0.250. The number of pyridine rings is 1. The standard InChI is InChI=1S/C20H13Cl2N3OS/c1-11-4-5-13(19-25-16-3-2-8-23-20(16)27-19)10-17(11)24-18(26)12-6-7-14(21)15(22)9-12/h2-10H,1H3,(H,24,26). The van der Waals surface area contributed by atoms with Crippen LogP contribution in [0.3, 0.4) is 0 Å². The van der Waals surface area contributed by atoms with Crippen molar-refractivity contribution in [1.82, 2.24) is 9.97 Å². The highest BCUT2D eigenvalue weighted by Gasteiger charge is 2.12. The van der Waals surface area contributed by atoms with Gasteiger partial charge in [-0.25, -0.2) is 9.97 Å². The number of hydrogen-bond acceptors (Lipinski definition) is 4. The Balaban J connectivity index is 1.66. The fourth-order valence-corrected chi connectivity index (χ4v) is 3.82. The summed E-state index contributed by atoms with van der Waals surface area (Å²) in [7, 11) is 0. The van der Waals surface area contributed by atoms with Gasteiger partial charge in [-0.1, -0.05) is 46.7 Å². The molecule has 0 fully saturated rings. The fourth-order valence-electron chi connectivity index (χ4n) is 2.61. The van der Waals surface area contributed by atoms with Crippen LogP contribution >= 0.6 is 34.5 Å². The first-order valence-corrected chi connectivity index (χ1v) is 9.67. The molecule has 7 heteroatoms. The first kappa shape index (κ1) is 17.9. The number of aromatic nitrogens is 2. The smallest absolute Gasteiger partial charge is 0.255 e. The van der Waals surface area contributed by atoms with Crippen LogP contribution in [-0.2, 0) is 0 Å². The van der Waals surface area contributed by atoms with E-state index in [1.807, 2.05) is 37.3 Å². The van der Waals surface area contributed by atoms with E-state index in [-0.39, 0.29) is 5.91 Å². The van der Waals surface area contributed by atoms with Gasteiger partial charge in [0.2, 0.25) is 0 Å². The van der Waals surface area contributed by atoms with E-state index in [4.69, 9.17) is 23.2 Å². The van der Waals surface area contributed by atoms with Crippen LogP contribution in [0.2, 0.25) is 10.0 Å². The highest BCUT2D eigenvalue weighted by Crippen LogP contribution is 2.31. The van der Waals surface area contributed by atoms with Gasteiger partial charge in [-0.2, -0.15) is 0 Å². The van der Waals surface area contributed by atoms with Gasteiger partial charge in [0.1, 0.15) is 15.4 Å². The maximum atomic E-state index is 12.6. The summed E-state index contributed by atoms with van der Waals surface area (Å²) in [6.45, 7) is 1.94. The van der Waals surface area contributed by atoms with Gasteiger partial charge in [-0.05, 0) is 48.9 Å². The van der Waals surface area contributed by atoms with E-state index in [0.29, 0.717) is 15.6 Å². The number of amides is 1. The molecule has 4 rings (SSSR count). The molecular formula is C20H13Cl2N3OS. The minimum Gasteiger partial charge on any atom is -0.322 e. The number of carbonyl (C=O) groups is 1. The molecule has 0 radical (unpaired) electrons. The summed E-state index contributed by atoms with van der Waals surface area (Å²) in [4.78, 5) is 22.4. The third-order valence-corrected chi connectivity index (χ3v) is 5.85. The molecule has 0 unspecified atom stereocenters. The Bertz CT molecular complexity index is 1140. The topological polar surface area (TPSA) is 54.9 Å². The van der Waals surface area contributed by atoms with E-state index in [1.54, 1.807) is 24.4 Å². The second kappa shape index (κ2) is 7.27. The molecule has 0 atom stereocenters. The quantitative estimate of drug-likeness (QED) is 0.433. The highest BCUT2D eigenvalue weighted by atomic mass is 35.5. The van der Waals surface area contributed by atoms with Crippen LogP contribution in [0.25, 0.3) is 20.9 Å². The molecule has 0 aliphatic rings. The minimum absolute atomic E-state index is 0.250. The number of halogens is 2. The summed E-state index contributed by atoms with van der Waals surface area (Å²) >= 11 is 13.4. The predicted octanol–water partition coefficient (Wildman–Crippen LogP) is 6.23. The summed E-state index contributed by atoms with van der Waals surface area (Å²) in [6.07, 6.45) is 1.75. The van der Waals surface area contributed by atoms with Crippen molar-refractivity contribution < 1.29 is 4.79 Å². The van der Waals surface area contributed by atoms with Gasteiger partial charge in [0.15, 0.2) is 0 Å². The lowest BCUT2D eigenvalue weighted by molar-refractivity contribution is 0.102. The van der Waals surface area contributed by atoms with E-state index < -0.39 is 0 Å². The molecule has 2 aromatic heterocycles. The van der Waals surface area contributed by atoms with E-state index in [2.05, 4.69) is 15.3 Å². The number of hydrogen-bond donors (Lipinski definition) is 1. The molecule has 0 bridgehead atoms. The number of rotatable bonds is 3. The zero-order valence-corrected chi connectivity index (χ0v) is 16.5. The molecule has 4 nitrogen and oxygen atoms in total. The van der Waals surface area contributed by atoms with Crippen molar-refractivity contribution in [3.05, 3.63) is 75.9 Å². The second-order valence-electron chi connectivity index (χ2n) is 5.96. The Hall–Kier alpha value is -2.47. The van der Waals surface area contributed by atoms with Gasteiger partial charge in [0.25, 0.3) is 5.91 Å². The number of benzene rings is 2.